The molecule has 0 radical (unpaired) electrons. The number of nitrogens with one attached hydrogen (secondary N) is 1. The monoisotopic (exact) mass is 318 g/mol. The summed E-state index contributed by atoms with van der Waals surface area (Å²) in [6, 6.07) is 8.49. The number of para-hydroxylation sites is 1. The van der Waals surface area contributed by atoms with Gasteiger partial charge < -0.3 is 19.7 Å². The minimum Gasteiger partial charge on any atom is -0.444 e. The van der Waals surface area contributed by atoms with E-state index in [1.807, 2.05) is 37.8 Å². The molecule has 0 aromatic heterocycles. The lowest BCUT2D eigenvalue weighted by molar-refractivity contribution is 0.0189. The molecule has 2 aliphatic rings. The second kappa shape index (κ2) is 6.04. The second-order valence-corrected chi connectivity index (χ2v) is 7.36. The topological polar surface area (TPSA) is 50.8 Å². The first kappa shape index (κ1) is 16.1. The van der Waals surface area contributed by atoms with Gasteiger partial charge >= 0.3 is 6.09 Å². The van der Waals surface area contributed by atoms with Gasteiger partial charge in [-0.15, -0.1) is 0 Å². The Bertz CT molecular complexity index is 582. The van der Waals surface area contributed by atoms with E-state index in [0.29, 0.717) is 12.5 Å². The van der Waals surface area contributed by atoms with Crippen molar-refractivity contribution in [1.82, 2.24) is 4.90 Å². The highest BCUT2D eigenvalue weighted by molar-refractivity contribution is 5.71. The molecule has 1 amide bonds. The zero-order valence-electron chi connectivity index (χ0n) is 14.3. The smallest absolute Gasteiger partial charge is 0.410 e. The molecular formula is C18H26N2O3. The van der Waals surface area contributed by atoms with Crippen LogP contribution < -0.4 is 5.32 Å². The maximum atomic E-state index is 12.6. The van der Waals surface area contributed by atoms with E-state index in [-0.39, 0.29) is 18.2 Å². The van der Waals surface area contributed by atoms with Gasteiger partial charge in [0.25, 0.3) is 0 Å². The molecule has 0 aliphatic carbocycles. The van der Waals surface area contributed by atoms with Gasteiger partial charge in [0.05, 0.1) is 18.7 Å². The van der Waals surface area contributed by atoms with Crippen LogP contribution >= 0.6 is 0 Å². The van der Waals surface area contributed by atoms with Crippen LogP contribution in [-0.4, -0.2) is 42.9 Å². The Hall–Kier alpha value is -1.75. The summed E-state index contributed by atoms with van der Waals surface area (Å²) in [5, 5.41) is 3.57. The molecule has 2 aliphatic heterocycles. The molecule has 0 unspecified atom stereocenters. The molecule has 126 valence electrons. The maximum Gasteiger partial charge on any atom is 0.410 e. The lowest BCUT2D eigenvalue weighted by Crippen LogP contribution is -2.44. The van der Waals surface area contributed by atoms with Crippen LogP contribution in [0, 0.1) is 5.92 Å². The Morgan fingerprint density at radius 3 is 2.78 bits per heavy atom. The summed E-state index contributed by atoms with van der Waals surface area (Å²) in [7, 11) is 1.72. The molecule has 1 N–H and O–H groups in total. The van der Waals surface area contributed by atoms with Crippen LogP contribution in [0.25, 0.3) is 0 Å². The van der Waals surface area contributed by atoms with Crippen LogP contribution in [0.5, 0.6) is 0 Å². The van der Waals surface area contributed by atoms with E-state index in [9.17, 15) is 4.79 Å². The number of likely N-dealkylation sites (tertiary alicyclic amines) is 1. The number of benzene rings is 1. The molecule has 3 atom stereocenters. The minimum absolute atomic E-state index is 0.0578. The average molecular weight is 318 g/mol. The molecule has 0 spiro atoms. The highest BCUT2D eigenvalue weighted by Gasteiger charge is 2.46. The van der Waals surface area contributed by atoms with Crippen molar-refractivity contribution in [3.8, 4) is 0 Å². The van der Waals surface area contributed by atoms with Crippen molar-refractivity contribution in [1.29, 1.82) is 0 Å². The number of fused-ring (bicyclic) bond motifs is 3. The van der Waals surface area contributed by atoms with Crippen LogP contribution in [0.1, 0.15) is 38.8 Å². The Kier molecular flexibility index (Phi) is 4.23. The Morgan fingerprint density at radius 2 is 2.09 bits per heavy atom. The lowest BCUT2D eigenvalue weighted by Gasteiger charge is -2.39. The zero-order chi connectivity index (χ0) is 16.6. The van der Waals surface area contributed by atoms with Crippen LogP contribution in [-0.2, 0) is 9.47 Å². The van der Waals surface area contributed by atoms with E-state index in [2.05, 4.69) is 17.4 Å². The number of carbonyl (C=O) groups is 1. The molecule has 5 nitrogen and oxygen atoms in total. The number of hydrogen-bond donors (Lipinski definition) is 1. The third-order valence-electron chi connectivity index (χ3n) is 4.56. The molecule has 0 bridgehead atoms. The number of methoxy groups -OCH3 is 1. The molecule has 23 heavy (non-hydrogen) atoms. The number of ether oxygens (including phenoxy) is 2. The number of nitrogens with zero attached hydrogens (tertiary/aromatic N) is 1. The van der Waals surface area contributed by atoms with E-state index < -0.39 is 5.60 Å². The molecule has 1 aromatic rings. The van der Waals surface area contributed by atoms with E-state index in [4.69, 9.17) is 9.47 Å². The fraction of sp³-hybridized carbons (Fsp3) is 0.611. The third-order valence-corrected chi connectivity index (χ3v) is 4.56. The predicted octanol–water partition coefficient (Wildman–Crippen LogP) is 3.43. The number of amides is 1. The summed E-state index contributed by atoms with van der Waals surface area (Å²) >= 11 is 0. The van der Waals surface area contributed by atoms with E-state index in [0.717, 1.165) is 18.7 Å². The average Bonchev–Trinajstić information content (AvgIpc) is 2.91. The van der Waals surface area contributed by atoms with Gasteiger partial charge in [-0.1, -0.05) is 18.2 Å². The maximum absolute atomic E-state index is 12.6. The SMILES string of the molecule is COC[C@H]1Nc2ccccc2[C@@H]2[C@H]1CCN2C(=O)OC(C)(C)C. The summed E-state index contributed by atoms with van der Waals surface area (Å²) in [5.74, 6) is 0.345. The van der Waals surface area contributed by atoms with Gasteiger partial charge in [-0.3, -0.25) is 0 Å². The molecule has 3 rings (SSSR count). The van der Waals surface area contributed by atoms with Crippen LogP contribution in [0.15, 0.2) is 24.3 Å². The summed E-state index contributed by atoms with van der Waals surface area (Å²) in [5.41, 5.74) is 1.78. The van der Waals surface area contributed by atoms with E-state index >= 15 is 0 Å². The largest absolute Gasteiger partial charge is 0.444 e. The minimum atomic E-state index is -0.479. The first-order valence-corrected chi connectivity index (χ1v) is 8.25. The number of carbonyl (C=O) groups excluding carboxylic acids is 1. The zero-order valence-corrected chi connectivity index (χ0v) is 14.3. The van der Waals surface area contributed by atoms with Crippen molar-refractivity contribution >= 4 is 11.8 Å². The third kappa shape index (κ3) is 3.15. The number of rotatable bonds is 2. The van der Waals surface area contributed by atoms with Gasteiger partial charge in [-0.2, -0.15) is 0 Å². The quantitative estimate of drug-likeness (QED) is 0.908. The molecule has 1 saturated heterocycles. The normalized spacial score (nSPS) is 26.3. The van der Waals surface area contributed by atoms with Crippen molar-refractivity contribution in [3.63, 3.8) is 0 Å². The Balaban J connectivity index is 1.91. The predicted molar refractivity (Wildman–Crippen MR) is 89.5 cm³/mol. The summed E-state index contributed by atoms with van der Waals surface area (Å²) in [6.07, 6.45) is 0.733. The van der Waals surface area contributed by atoms with Gasteiger partial charge in [0.2, 0.25) is 0 Å². The van der Waals surface area contributed by atoms with Crippen LogP contribution in [0.4, 0.5) is 10.5 Å². The number of hydrogen-bond acceptors (Lipinski definition) is 4. The summed E-state index contributed by atoms with van der Waals surface area (Å²) < 4.78 is 11.0. The van der Waals surface area contributed by atoms with Crippen molar-refractivity contribution < 1.29 is 14.3 Å². The standard InChI is InChI=1S/C18H26N2O3/c1-18(2,3)23-17(21)20-10-9-13-15(11-22-4)19-14-8-6-5-7-12(14)16(13)20/h5-8,13,15-16,19H,9-11H2,1-4H3/t13-,15+,16+/m0/s1. The van der Waals surface area contributed by atoms with Gasteiger partial charge in [-0.25, -0.2) is 4.79 Å². The van der Waals surface area contributed by atoms with Crippen molar-refractivity contribution in [2.45, 2.75) is 44.9 Å². The van der Waals surface area contributed by atoms with Crippen molar-refractivity contribution in [2.75, 3.05) is 25.6 Å². The first-order valence-electron chi connectivity index (χ1n) is 8.25. The van der Waals surface area contributed by atoms with Crippen LogP contribution in [0.2, 0.25) is 0 Å². The number of anilines is 1. The molecule has 0 saturated carbocycles. The highest BCUT2D eigenvalue weighted by atomic mass is 16.6. The molecular weight excluding hydrogens is 292 g/mol. The fourth-order valence-electron chi connectivity index (χ4n) is 3.70. The second-order valence-electron chi connectivity index (χ2n) is 7.36. The Morgan fingerprint density at radius 1 is 1.35 bits per heavy atom. The fourth-order valence-corrected chi connectivity index (χ4v) is 3.70. The van der Waals surface area contributed by atoms with Gasteiger partial charge in [0, 0.05) is 25.3 Å². The van der Waals surface area contributed by atoms with Crippen molar-refractivity contribution in [3.05, 3.63) is 29.8 Å². The highest BCUT2D eigenvalue weighted by Crippen LogP contribution is 2.46. The molecule has 5 heteroatoms. The molecule has 1 fully saturated rings. The van der Waals surface area contributed by atoms with Gasteiger partial charge in [-0.05, 0) is 38.8 Å². The summed E-state index contributed by atoms with van der Waals surface area (Å²) in [4.78, 5) is 14.5. The first-order chi connectivity index (χ1) is 10.9. The van der Waals surface area contributed by atoms with E-state index in [1.165, 1.54) is 5.56 Å². The Labute approximate surface area is 137 Å². The lowest BCUT2D eigenvalue weighted by atomic mass is 9.83. The molecule has 2 heterocycles. The molecule has 1 aromatic carbocycles. The summed E-state index contributed by atoms with van der Waals surface area (Å²) in [6.45, 7) is 7.08. The van der Waals surface area contributed by atoms with Crippen molar-refractivity contribution in [2.24, 2.45) is 5.92 Å². The van der Waals surface area contributed by atoms with Crippen LogP contribution in [0.3, 0.4) is 0 Å². The van der Waals surface area contributed by atoms with E-state index in [1.54, 1.807) is 7.11 Å². The van der Waals surface area contributed by atoms with Gasteiger partial charge in [0.1, 0.15) is 5.60 Å². The van der Waals surface area contributed by atoms with Gasteiger partial charge in [0.15, 0.2) is 0 Å².